The summed E-state index contributed by atoms with van der Waals surface area (Å²) in [4.78, 5) is 13.2. The van der Waals surface area contributed by atoms with E-state index in [-0.39, 0.29) is 0 Å². The fourth-order valence-electron chi connectivity index (χ4n) is 2.94. The molecule has 24 heavy (non-hydrogen) atoms. The van der Waals surface area contributed by atoms with Crippen LogP contribution in [0.4, 0.5) is 0 Å². The van der Waals surface area contributed by atoms with E-state index in [0.29, 0.717) is 12.3 Å². The van der Waals surface area contributed by atoms with E-state index in [1.165, 1.54) is 5.56 Å². The van der Waals surface area contributed by atoms with Crippen LogP contribution in [0.25, 0.3) is 0 Å². The molecule has 0 heterocycles. The SMILES string of the molecule is CCC(C)CC(C)(C(=O)O)c1ccccc1SCc1ccccc1. The summed E-state index contributed by atoms with van der Waals surface area (Å²) in [6.07, 6.45) is 1.64. The van der Waals surface area contributed by atoms with Gasteiger partial charge in [0.15, 0.2) is 0 Å². The van der Waals surface area contributed by atoms with Crippen molar-refractivity contribution >= 4 is 17.7 Å². The first-order chi connectivity index (χ1) is 11.5. The maximum Gasteiger partial charge on any atom is 0.313 e. The molecule has 0 bridgehead atoms. The maximum atomic E-state index is 12.1. The number of carbonyl (C=O) groups is 1. The number of thioether (sulfide) groups is 1. The zero-order valence-electron chi connectivity index (χ0n) is 14.7. The lowest BCUT2D eigenvalue weighted by molar-refractivity contribution is -0.144. The number of benzene rings is 2. The lowest BCUT2D eigenvalue weighted by atomic mass is 9.75. The molecule has 0 spiro atoms. The molecule has 0 fully saturated rings. The van der Waals surface area contributed by atoms with Gasteiger partial charge in [0.25, 0.3) is 0 Å². The van der Waals surface area contributed by atoms with Gasteiger partial charge in [-0.2, -0.15) is 0 Å². The van der Waals surface area contributed by atoms with Gasteiger partial charge in [0, 0.05) is 10.6 Å². The van der Waals surface area contributed by atoms with Gasteiger partial charge in [-0.1, -0.05) is 68.8 Å². The second-order valence-electron chi connectivity index (χ2n) is 6.63. The molecule has 0 aliphatic carbocycles. The standard InChI is InChI=1S/C21H26O2S/c1-4-16(2)14-21(3,20(22)23)18-12-8-9-13-19(18)24-15-17-10-6-5-7-11-17/h5-13,16H,4,14-15H2,1-3H3,(H,22,23). The largest absolute Gasteiger partial charge is 0.481 e. The first-order valence-electron chi connectivity index (χ1n) is 8.47. The van der Waals surface area contributed by atoms with Crippen molar-refractivity contribution in [2.75, 3.05) is 0 Å². The van der Waals surface area contributed by atoms with E-state index in [0.717, 1.165) is 22.6 Å². The molecule has 0 aromatic heterocycles. The Balaban J connectivity index is 2.29. The Bertz CT molecular complexity index is 669. The minimum absolute atomic E-state index is 0.373. The number of rotatable bonds is 8. The Morgan fingerprint density at radius 1 is 1.12 bits per heavy atom. The number of carboxylic acid groups (broad SMARTS) is 1. The Kier molecular flexibility index (Phi) is 6.50. The number of hydrogen-bond acceptors (Lipinski definition) is 2. The first-order valence-corrected chi connectivity index (χ1v) is 9.45. The van der Waals surface area contributed by atoms with Gasteiger partial charge in [-0.3, -0.25) is 4.79 Å². The third-order valence-corrected chi connectivity index (χ3v) is 5.79. The van der Waals surface area contributed by atoms with Crippen LogP contribution < -0.4 is 0 Å². The second-order valence-corrected chi connectivity index (χ2v) is 7.64. The number of hydrogen-bond donors (Lipinski definition) is 1. The molecule has 0 amide bonds. The van der Waals surface area contributed by atoms with Gasteiger partial charge >= 0.3 is 5.97 Å². The van der Waals surface area contributed by atoms with Crippen LogP contribution in [0.1, 0.15) is 44.7 Å². The van der Waals surface area contributed by atoms with Crippen molar-refractivity contribution in [2.24, 2.45) is 5.92 Å². The fraction of sp³-hybridized carbons (Fsp3) is 0.381. The zero-order valence-corrected chi connectivity index (χ0v) is 15.5. The average Bonchev–Trinajstić information content (AvgIpc) is 2.60. The molecule has 0 saturated carbocycles. The van der Waals surface area contributed by atoms with Crippen molar-refractivity contribution in [1.29, 1.82) is 0 Å². The highest BCUT2D eigenvalue weighted by atomic mass is 32.2. The normalized spacial score (nSPS) is 14.8. The van der Waals surface area contributed by atoms with E-state index in [2.05, 4.69) is 26.0 Å². The Hall–Kier alpha value is -1.74. The summed E-state index contributed by atoms with van der Waals surface area (Å²) in [7, 11) is 0. The summed E-state index contributed by atoms with van der Waals surface area (Å²) in [5, 5.41) is 9.93. The van der Waals surface area contributed by atoms with Crippen LogP contribution in [0.2, 0.25) is 0 Å². The molecule has 2 unspecified atom stereocenters. The van der Waals surface area contributed by atoms with Gasteiger partial charge in [0.2, 0.25) is 0 Å². The van der Waals surface area contributed by atoms with Gasteiger partial charge in [0.05, 0.1) is 5.41 Å². The molecule has 0 saturated heterocycles. The summed E-state index contributed by atoms with van der Waals surface area (Å²) in [6, 6.07) is 18.2. The van der Waals surface area contributed by atoms with Crippen LogP contribution in [0.3, 0.4) is 0 Å². The molecular weight excluding hydrogens is 316 g/mol. The Morgan fingerprint density at radius 2 is 1.75 bits per heavy atom. The molecule has 0 radical (unpaired) electrons. The minimum atomic E-state index is -0.851. The van der Waals surface area contributed by atoms with E-state index in [9.17, 15) is 9.90 Å². The highest BCUT2D eigenvalue weighted by Crippen LogP contribution is 2.39. The van der Waals surface area contributed by atoms with Crippen LogP contribution in [0.15, 0.2) is 59.5 Å². The van der Waals surface area contributed by atoms with Crippen LogP contribution in [-0.4, -0.2) is 11.1 Å². The molecule has 128 valence electrons. The van der Waals surface area contributed by atoms with E-state index in [1.54, 1.807) is 11.8 Å². The van der Waals surface area contributed by atoms with Crippen LogP contribution >= 0.6 is 11.8 Å². The highest BCUT2D eigenvalue weighted by molar-refractivity contribution is 7.98. The van der Waals surface area contributed by atoms with E-state index < -0.39 is 11.4 Å². The average molecular weight is 343 g/mol. The van der Waals surface area contributed by atoms with Gasteiger partial charge in [-0.15, -0.1) is 11.8 Å². The lowest BCUT2D eigenvalue weighted by Crippen LogP contribution is -2.34. The Morgan fingerprint density at radius 3 is 2.38 bits per heavy atom. The van der Waals surface area contributed by atoms with Gasteiger partial charge in [0.1, 0.15) is 0 Å². The van der Waals surface area contributed by atoms with Crippen molar-refractivity contribution in [3.05, 3.63) is 65.7 Å². The van der Waals surface area contributed by atoms with E-state index >= 15 is 0 Å². The summed E-state index contributed by atoms with van der Waals surface area (Å²) >= 11 is 1.72. The molecule has 3 heteroatoms. The highest BCUT2D eigenvalue weighted by Gasteiger charge is 2.37. The first kappa shape index (κ1) is 18.6. The van der Waals surface area contributed by atoms with Gasteiger partial charge in [-0.05, 0) is 36.5 Å². The smallest absolute Gasteiger partial charge is 0.313 e. The molecule has 2 rings (SSSR count). The zero-order chi connectivity index (χ0) is 17.6. The molecular formula is C21H26O2S. The van der Waals surface area contributed by atoms with E-state index in [4.69, 9.17) is 0 Å². The topological polar surface area (TPSA) is 37.3 Å². The molecule has 2 nitrogen and oxygen atoms in total. The maximum absolute atomic E-state index is 12.1. The summed E-state index contributed by atoms with van der Waals surface area (Å²) in [5.41, 5.74) is 1.32. The van der Waals surface area contributed by atoms with Crippen molar-refractivity contribution < 1.29 is 9.90 Å². The van der Waals surface area contributed by atoms with Crippen LogP contribution in [0, 0.1) is 5.92 Å². The molecule has 0 aliphatic heterocycles. The molecule has 2 atom stereocenters. The van der Waals surface area contributed by atoms with Crippen molar-refractivity contribution in [3.8, 4) is 0 Å². The van der Waals surface area contributed by atoms with Crippen LogP contribution in [-0.2, 0) is 16.0 Å². The molecule has 0 aliphatic rings. The second kappa shape index (κ2) is 8.39. The third-order valence-electron chi connectivity index (χ3n) is 4.64. The third kappa shape index (κ3) is 4.41. The summed E-state index contributed by atoms with van der Waals surface area (Å²) < 4.78 is 0. The summed E-state index contributed by atoms with van der Waals surface area (Å²) in [5.74, 6) is 0.477. The molecule has 1 N–H and O–H groups in total. The Labute approximate surface area is 149 Å². The van der Waals surface area contributed by atoms with Crippen LogP contribution in [0.5, 0.6) is 0 Å². The minimum Gasteiger partial charge on any atom is -0.481 e. The molecule has 2 aromatic rings. The number of carboxylic acids is 1. The summed E-state index contributed by atoms with van der Waals surface area (Å²) in [6.45, 7) is 6.10. The van der Waals surface area contributed by atoms with E-state index in [1.807, 2.05) is 49.4 Å². The fourth-order valence-corrected chi connectivity index (χ4v) is 4.08. The predicted octanol–water partition coefficient (Wildman–Crippen LogP) is 5.76. The van der Waals surface area contributed by atoms with Gasteiger partial charge < -0.3 is 5.11 Å². The van der Waals surface area contributed by atoms with Crippen molar-refractivity contribution in [1.82, 2.24) is 0 Å². The van der Waals surface area contributed by atoms with Gasteiger partial charge in [-0.25, -0.2) is 0 Å². The van der Waals surface area contributed by atoms with Crippen molar-refractivity contribution in [3.63, 3.8) is 0 Å². The molecule has 2 aromatic carbocycles. The van der Waals surface area contributed by atoms with Crippen molar-refractivity contribution in [2.45, 2.75) is 49.7 Å². The quantitative estimate of drug-likeness (QED) is 0.620. The monoisotopic (exact) mass is 342 g/mol. The lowest BCUT2D eigenvalue weighted by Gasteiger charge is -2.30. The predicted molar refractivity (Wildman–Crippen MR) is 102 cm³/mol. The number of aliphatic carboxylic acids is 1.